The minimum atomic E-state index is -4.47. The molecular weight excluding hydrogens is 519 g/mol. The Balaban J connectivity index is 1.63. The largest absolute Gasteiger partial charge is 0.494 e. The molecule has 4 aromatic rings. The van der Waals surface area contributed by atoms with Crippen molar-refractivity contribution in [3.05, 3.63) is 82.9 Å². The van der Waals surface area contributed by atoms with Crippen LogP contribution < -0.4 is 14.2 Å². The number of nitrogens with zero attached hydrogens (tertiary/aromatic N) is 1. The summed E-state index contributed by atoms with van der Waals surface area (Å²) in [5, 5.41) is 9.37. The number of rotatable bonds is 10. The maximum absolute atomic E-state index is 13.4. The van der Waals surface area contributed by atoms with Crippen molar-refractivity contribution in [1.82, 2.24) is 4.98 Å². The zero-order valence-electron chi connectivity index (χ0n) is 20.5. The molecule has 0 radical (unpaired) electrons. The Morgan fingerprint density at radius 3 is 2.34 bits per heavy atom. The van der Waals surface area contributed by atoms with E-state index < -0.39 is 24.3 Å². The van der Waals surface area contributed by atoms with Crippen LogP contribution in [0.3, 0.4) is 0 Å². The van der Waals surface area contributed by atoms with Crippen LogP contribution in [0, 0.1) is 6.92 Å². The summed E-state index contributed by atoms with van der Waals surface area (Å²) >= 11 is 1.25. The molecular formula is C28H24F3NO5S. The summed E-state index contributed by atoms with van der Waals surface area (Å²) in [5.74, 6) is 0.553. The van der Waals surface area contributed by atoms with Crippen molar-refractivity contribution in [3.8, 4) is 38.9 Å². The first-order chi connectivity index (χ1) is 18.1. The highest BCUT2D eigenvalue weighted by Crippen LogP contribution is 2.40. The van der Waals surface area contributed by atoms with Crippen LogP contribution in [0.25, 0.3) is 21.7 Å². The number of aryl methyl sites for hydroxylation is 1. The highest BCUT2D eigenvalue weighted by Gasteiger charge is 2.31. The zero-order chi connectivity index (χ0) is 27.3. The summed E-state index contributed by atoms with van der Waals surface area (Å²) in [7, 11) is 0. The third-order valence-corrected chi connectivity index (χ3v) is 6.50. The molecule has 1 heterocycles. The van der Waals surface area contributed by atoms with Crippen LogP contribution in [0.4, 0.5) is 13.2 Å². The van der Waals surface area contributed by atoms with Gasteiger partial charge >= 0.3 is 12.1 Å². The lowest BCUT2D eigenvalue weighted by Crippen LogP contribution is -2.10. The number of hydrogen-bond acceptors (Lipinski definition) is 6. The number of thiazole rings is 1. The Bertz CT molecular complexity index is 1420. The van der Waals surface area contributed by atoms with Crippen molar-refractivity contribution < 1.29 is 37.3 Å². The fourth-order valence-electron chi connectivity index (χ4n) is 3.69. The predicted molar refractivity (Wildman–Crippen MR) is 138 cm³/mol. The van der Waals surface area contributed by atoms with E-state index in [0.29, 0.717) is 50.6 Å². The van der Waals surface area contributed by atoms with E-state index in [-0.39, 0.29) is 6.61 Å². The van der Waals surface area contributed by atoms with Crippen molar-refractivity contribution in [2.45, 2.75) is 26.6 Å². The number of ether oxygens (including phenoxy) is 3. The fraction of sp³-hybridized carbons (Fsp3) is 0.214. The van der Waals surface area contributed by atoms with Gasteiger partial charge in [-0.1, -0.05) is 12.1 Å². The van der Waals surface area contributed by atoms with Crippen molar-refractivity contribution in [1.29, 1.82) is 0 Å². The van der Waals surface area contributed by atoms with E-state index in [1.165, 1.54) is 17.4 Å². The van der Waals surface area contributed by atoms with Gasteiger partial charge in [-0.3, -0.25) is 0 Å². The average molecular weight is 544 g/mol. The van der Waals surface area contributed by atoms with Gasteiger partial charge in [0, 0.05) is 5.56 Å². The summed E-state index contributed by atoms with van der Waals surface area (Å²) in [6.45, 7) is 3.79. The summed E-state index contributed by atoms with van der Waals surface area (Å²) in [4.78, 5) is 16.0. The summed E-state index contributed by atoms with van der Waals surface area (Å²) in [6.07, 6.45) is -4.47. The molecule has 4 rings (SSSR count). The van der Waals surface area contributed by atoms with Crippen LogP contribution in [-0.4, -0.2) is 29.3 Å². The molecule has 0 saturated carbocycles. The van der Waals surface area contributed by atoms with Gasteiger partial charge in [0.05, 0.1) is 22.7 Å². The molecule has 3 aromatic carbocycles. The van der Waals surface area contributed by atoms with Gasteiger partial charge in [-0.05, 0) is 79.6 Å². The normalized spacial score (nSPS) is 11.3. The van der Waals surface area contributed by atoms with E-state index in [4.69, 9.17) is 24.3 Å². The van der Waals surface area contributed by atoms with Crippen LogP contribution in [0.2, 0.25) is 0 Å². The lowest BCUT2D eigenvalue weighted by molar-refractivity contribution is -0.139. The first kappa shape index (κ1) is 27.0. The molecule has 1 N–H and O–H groups in total. The topological polar surface area (TPSA) is 77.9 Å². The van der Waals surface area contributed by atoms with Gasteiger partial charge in [-0.2, -0.15) is 13.2 Å². The Kier molecular flexibility index (Phi) is 8.21. The van der Waals surface area contributed by atoms with Crippen molar-refractivity contribution in [2.24, 2.45) is 0 Å². The van der Waals surface area contributed by atoms with Gasteiger partial charge in [-0.15, -0.1) is 11.3 Å². The Hall–Kier alpha value is -4.05. The van der Waals surface area contributed by atoms with Gasteiger partial charge in [-0.25, -0.2) is 9.78 Å². The minimum Gasteiger partial charge on any atom is -0.494 e. The number of benzene rings is 3. The molecule has 0 aliphatic carbocycles. The number of alkyl halides is 3. The molecule has 38 heavy (non-hydrogen) atoms. The number of aliphatic carboxylic acids is 1. The quantitative estimate of drug-likeness (QED) is 0.227. The van der Waals surface area contributed by atoms with Gasteiger partial charge < -0.3 is 19.3 Å². The molecule has 0 aliphatic heterocycles. The number of hydrogen-bond donors (Lipinski definition) is 1. The van der Waals surface area contributed by atoms with Crippen LogP contribution in [0.15, 0.2) is 66.7 Å². The van der Waals surface area contributed by atoms with Gasteiger partial charge in [0.15, 0.2) is 6.61 Å². The maximum Gasteiger partial charge on any atom is 0.416 e. The van der Waals surface area contributed by atoms with Gasteiger partial charge in [0.25, 0.3) is 0 Å². The standard InChI is InChI=1S/C28H24F3NO5S/c1-3-35-21-9-7-18(8-10-21)26-27(19-5-4-6-20(14-19)28(29,30)31)38-24(32-26)15-36-22-11-12-23(17(2)13-22)37-16-25(33)34/h4-14H,3,15-16H2,1-2H3,(H,33,34). The smallest absolute Gasteiger partial charge is 0.416 e. The van der Waals surface area contributed by atoms with E-state index in [0.717, 1.165) is 17.7 Å². The van der Waals surface area contributed by atoms with Crippen LogP contribution >= 0.6 is 11.3 Å². The van der Waals surface area contributed by atoms with E-state index in [2.05, 4.69) is 0 Å². The van der Waals surface area contributed by atoms with E-state index in [1.807, 2.05) is 19.1 Å². The molecule has 0 unspecified atom stereocenters. The summed E-state index contributed by atoms with van der Waals surface area (Å²) in [6, 6.07) is 17.4. The average Bonchev–Trinajstić information content (AvgIpc) is 3.31. The highest BCUT2D eigenvalue weighted by atomic mass is 32.1. The molecule has 0 bridgehead atoms. The molecule has 0 amide bonds. The first-order valence-corrected chi connectivity index (χ1v) is 12.4. The van der Waals surface area contributed by atoms with E-state index in [1.54, 1.807) is 43.3 Å². The van der Waals surface area contributed by atoms with Crippen LogP contribution in [0.5, 0.6) is 17.2 Å². The zero-order valence-corrected chi connectivity index (χ0v) is 21.4. The second-order valence-corrected chi connectivity index (χ2v) is 9.30. The molecule has 0 aliphatic rings. The van der Waals surface area contributed by atoms with Gasteiger partial charge in [0.2, 0.25) is 0 Å². The minimum absolute atomic E-state index is 0.0857. The molecule has 0 fully saturated rings. The number of carboxylic acids is 1. The van der Waals surface area contributed by atoms with Crippen LogP contribution in [0.1, 0.15) is 23.1 Å². The highest BCUT2D eigenvalue weighted by molar-refractivity contribution is 7.15. The maximum atomic E-state index is 13.4. The Morgan fingerprint density at radius 1 is 0.947 bits per heavy atom. The van der Waals surface area contributed by atoms with Crippen molar-refractivity contribution in [3.63, 3.8) is 0 Å². The molecule has 0 saturated heterocycles. The fourth-order valence-corrected chi connectivity index (χ4v) is 4.68. The molecule has 6 nitrogen and oxygen atoms in total. The number of halogens is 3. The third-order valence-electron chi connectivity index (χ3n) is 5.42. The van der Waals surface area contributed by atoms with Crippen LogP contribution in [-0.2, 0) is 17.6 Å². The Morgan fingerprint density at radius 2 is 1.68 bits per heavy atom. The number of aromatic nitrogens is 1. The van der Waals surface area contributed by atoms with E-state index in [9.17, 15) is 18.0 Å². The second kappa shape index (κ2) is 11.6. The first-order valence-electron chi connectivity index (χ1n) is 11.6. The summed E-state index contributed by atoms with van der Waals surface area (Å²) in [5.41, 5.74) is 1.65. The van der Waals surface area contributed by atoms with E-state index >= 15 is 0 Å². The molecule has 10 heteroatoms. The molecule has 0 atom stereocenters. The molecule has 1 aromatic heterocycles. The lowest BCUT2D eigenvalue weighted by atomic mass is 10.0. The molecule has 198 valence electrons. The monoisotopic (exact) mass is 543 g/mol. The predicted octanol–water partition coefficient (Wildman–Crippen LogP) is 7.25. The molecule has 0 spiro atoms. The SMILES string of the molecule is CCOc1ccc(-c2nc(COc3ccc(OCC(=O)O)c(C)c3)sc2-c2cccc(C(F)(F)F)c2)cc1. The third kappa shape index (κ3) is 6.63. The van der Waals surface area contributed by atoms with Gasteiger partial charge in [0.1, 0.15) is 28.9 Å². The summed E-state index contributed by atoms with van der Waals surface area (Å²) < 4.78 is 56.8. The van der Waals surface area contributed by atoms with Crippen molar-refractivity contribution >= 4 is 17.3 Å². The number of carbonyl (C=O) groups is 1. The number of carboxylic acid groups (broad SMARTS) is 1. The second-order valence-electron chi connectivity index (χ2n) is 8.22. The Labute approximate surface area is 221 Å². The lowest BCUT2D eigenvalue weighted by Gasteiger charge is -2.09. The van der Waals surface area contributed by atoms with Crippen molar-refractivity contribution in [2.75, 3.05) is 13.2 Å².